The molecule has 0 bridgehead atoms. The molecule has 0 saturated heterocycles. The number of hydrazine groups is 1. The molecule has 0 atom stereocenters. The van der Waals surface area contributed by atoms with E-state index in [1.54, 1.807) is 6.07 Å². The number of carbonyl (C=O) groups excluding carboxylic acids is 2. The highest BCUT2D eigenvalue weighted by atomic mass is 16.5. The first-order chi connectivity index (χ1) is 12.3. The largest absolute Gasteiger partial charge is 0.484 e. The van der Waals surface area contributed by atoms with Crippen LogP contribution in [0, 0.1) is 27.7 Å². The Kier molecular flexibility index (Phi) is 6.60. The third-order valence-electron chi connectivity index (χ3n) is 3.82. The first-order valence-corrected chi connectivity index (χ1v) is 8.33. The van der Waals surface area contributed by atoms with Crippen LogP contribution in [0.5, 0.6) is 11.5 Å². The molecule has 6 nitrogen and oxygen atoms in total. The third kappa shape index (κ3) is 5.81. The number of rotatable bonds is 6. The van der Waals surface area contributed by atoms with Crippen molar-refractivity contribution < 1.29 is 19.1 Å². The van der Waals surface area contributed by atoms with Gasteiger partial charge in [0.25, 0.3) is 11.8 Å². The summed E-state index contributed by atoms with van der Waals surface area (Å²) in [4.78, 5) is 23.6. The van der Waals surface area contributed by atoms with E-state index in [1.807, 2.05) is 58.0 Å². The number of ether oxygens (including phenoxy) is 2. The highest BCUT2D eigenvalue weighted by Gasteiger charge is 2.08. The van der Waals surface area contributed by atoms with Crippen LogP contribution in [0.1, 0.15) is 22.3 Å². The zero-order valence-corrected chi connectivity index (χ0v) is 15.5. The average molecular weight is 356 g/mol. The highest BCUT2D eigenvalue weighted by Crippen LogP contribution is 2.20. The quantitative estimate of drug-likeness (QED) is 0.780. The van der Waals surface area contributed by atoms with Gasteiger partial charge in [-0.05, 0) is 68.1 Å². The van der Waals surface area contributed by atoms with Crippen LogP contribution in [0.2, 0.25) is 0 Å². The van der Waals surface area contributed by atoms with Gasteiger partial charge in [0.1, 0.15) is 11.5 Å². The maximum absolute atomic E-state index is 11.8. The average Bonchev–Trinajstić information content (AvgIpc) is 2.58. The molecule has 2 amide bonds. The van der Waals surface area contributed by atoms with Gasteiger partial charge in [0.2, 0.25) is 0 Å². The molecule has 2 rings (SSSR count). The lowest BCUT2D eigenvalue weighted by atomic mass is 10.1. The topological polar surface area (TPSA) is 76.7 Å². The summed E-state index contributed by atoms with van der Waals surface area (Å²) in [5.41, 5.74) is 8.77. The van der Waals surface area contributed by atoms with Crippen LogP contribution < -0.4 is 20.3 Å². The summed E-state index contributed by atoms with van der Waals surface area (Å²) in [6.07, 6.45) is 0. The number of hydrogen-bond donors (Lipinski definition) is 2. The molecule has 2 N–H and O–H groups in total. The van der Waals surface area contributed by atoms with Gasteiger partial charge in [-0.2, -0.15) is 0 Å². The van der Waals surface area contributed by atoms with Crippen LogP contribution in [0.15, 0.2) is 36.4 Å². The van der Waals surface area contributed by atoms with Crippen LogP contribution in [-0.4, -0.2) is 25.0 Å². The second-order valence-corrected chi connectivity index (χ2v) is 6.20. The van der Waals surface area contributed by atoms with E-state index in [-0.39, 0.29) is 13.2 Å². The Morgan fingerprint density at radius 3 is 2.04 bits per heavy atom. The smallest absolute Gasteiger partial charge is 0.276 e. The SMILES string of the molecule is Cc1cc(C)cc(OCC(=O)NNC(=O)COc2cccc(C)c2C)c1. The van der Waals surface area contributed by atoms with Gasteiger partial charge in [0.15, 0.2) is 13.2 Å². The molecule has 2 aromatic carbocycles. The van der Waals surface area contributed by atoms with Gasteiger partial charge >= 0.3 is 0 Å². The molecule has 0 saturated carbocycles. The molecule has 0 aliphatic heterocycles. The molecule has 0 aliphatic rings. The summed E-state index contributed by atoms with van der Waals surface area (Å²) in [6.45, 7) is 7.42. The standard InChI is InChI=1S/C20H24N2O4/c1-13-8-14(2)10-17(9-13)25-11-19(23)21-22-20(24)12-26-18-7-5-6-15(3)16(18)4/h5-10H,11-12H2,1-4H3,(H,21,23)(H,22,24). The van der Waals surface area contributed by atoms with E-state index in [4.69, 9.17) is 9.47 Å². The normalized spacial score (nSPS) is 10.2. The first kappa shape index (κ1) is 19.3. The molecule has 0 aromatic heterocycles. The molecule has 6 heteroatoms. The monoisotopic (exact) mass is 356 g/mol. The zero-order valence-electron chi connectivity index (χ0n) is 15.5. The Morgan fingerprint density at radius 2 is 1.42 bits per heavy atom. The van der Waals surface area contributed by atoms with E-state index >= 15 is 0 Å². The maximum atomic E-state index is 11.8. The number of aryl methyl sites for hydroxylation is 3. The maximum Gasteiger partial charge on any atom is 0.276 e. The fourth-order valence-electron chi connectivity index (χ4n) is 2.40. The Morgan fingerprint density at radius 1 is 0.846 bits per heavy atom. The van der Waals surface area contributed by atoms with Gasteiger partial charge in [0.05, 0.1) is 0 Å². The lowest BCUT2D eigenvalue weighted by molar-refractivity contribution is -0.131. The van der Waals surface area contributed by atoms with Gasteiger partial charge in [-0.3, -0.25) is 20.4 Å². The van der Waals surface area contributed by atoms with Crippen LogP contribution >= 0.6 is 0 Å². The van der Waals surface area contributed by atoms with Crippen molar-refractivity contribution in [3.05, 3.63) is 58.7 Å². The minimum absolute atomic E-state index is 0.192. The van der Waals surface area contributed by atoms with Crippen molar-refractivity contribution in [2.45, 2.75) is 27.7 Å². The molecule has 0 spiro atoms. The first-order valence-electron chi connectivity index (χ1n) is 8.33. The third-order valence-corrected chi connectivity index (χ3v) is 3.82. The molecule has 138 valence electrons. The van der Waals surface area contributed by atoms with Crippen molar-refractivity contribution in [2.24, 2.45) is 0 Å². The van der Waals surface area contributed by atoms with Crippen LogP contribution in [-0.2, 0) is 9.59 Å². The van der Waals surface area contributed by atoms with E-state index < -0.39 is 11.8 Å². The lowest BCUT2D eigenvalue weighted by Gasteiger charge is -2.12. The number of amides is 2. The van der Waals surface area contributed by atoms with E-state index in [0.717, 1.165) is 22.3 Å². The van der Waals surface area contributed by atoms with Crippen LogP contribution in [0.4, 0.5) is 0 Å². The molecule has 0 fully saturated rings. The summed E-state index contributed by atoms with van der Waals surface area (Å²) in [7, 11) is 0. The van der Waals surface area contributed by atoms with Gasteiger partial charge in [-0.15, -0.1) is 0 Å². The molecule has 0 radical (unpaired) electrons. The van der Waals surface area contributed by atoms with Crippen molar-refractivity contribution in [2.75, 3.05) is 13.2 Å². The van der Waals surface area contributed by atoms with Gasteiger partial charge < -0.3 is 9.47 Å². The predicted molar refractivity (Wildman–Crippen MR) is 99.1 cm³/mol. The molecule has 26 heavy (non-hydrogen) atoms. The lowest BCUT2D eigenvalue weighted by Crippen LogP contribution is -2.45. The molecular formula is C20H24N2O4. The number of benzene rings is 2. The van der Waals surface area contributed by atoms with Crippen molar-refractivity contribution in [1.82, 2.24) is 10.9 Å². The van der Waals surface area contributed by atoms with Crippen molar-refractivity contribution in [3.8, 4) is 11.5 Å². The van der Waals surface area contributed by atoms with Crippen molar-refractivity contribution in [1.29, 1.82) is 0 Å². The fraction of sp³-hybridized carbons (Fsp3) is 0.300. The molecular weight excluding hydrogens is 332 g/mol. The summed E-state index contributed by atoms with van der Waals surface area (Å²) >= 11 is 0. The Bertz CT molecular complexity index is 782. The Balaban J connectivity index is 1.73. The fourth-order valence-corrected chi connectivity index (χ4v) is 2.40. The van der Waals surface area contributed by atoms with Crippen LogP contribution in [0.3, 0.4) is 0 Å². The summed E-state index contributed by atoms with van der Waals surface area (Å²) in [5, 5.41) is 0. The number of nitrogens with one attached hydrogen (secondary N) is 2. The summed E-state index contributed by atoms with van der Waals surface area (Å²) < 4.78 is 10.9. The molecule has 0 heterocycles. The van der Waals surface area contributed by atoms with Crippen molar-refractivity contribution in [3.63, 3.8) is 0 Å². The summed E-state index contributed by atoms with van der Waals surface area (Å²) in [5.74, 6) is 0.349. The van der Waals surface area contributed by atoms with E-state index in [2.05, 4.69) is 10.9 Å². The van der Waals surface area contributed by atoms with Gasteiger partial charge in [-0.25, -0.2) is 0 Å². The van der Waals surface area contributed by atoms with Gasteiger partial charge in [0, 0.05) is 0 Å². The minimum Gasteiger partial charge on any atom is -0.484 e. The number of carbonyl (C=O) groups is 2. The van der Waals surface area contributed by atoms with Crippen molar-refractivity contribution >= 4 is 11.8 Å². The number of hydrogen-bond acceptors (Lipinski definition) is 4. The minimum atomic E-state index is -0.454. The van der Waals surface area contributed by atoms with E-state index in [1.165, 1.54) is 0 Å². The highest BCUT2D eigenvalue weighted by molar-refractivity contribution is 5.83. The second kappa shape index (κ2) is 8.89. The Hall–Kier alpha value is -3.02. The zero-order chi connectivity index (χ0) is 19.1. The van der Waals surface area contributed by atoms with Crippen LogP contribution in [0.25, 0.3) is 0 Å². The summed E-state index contributed by atoms with van der Waals surface area (Å²) in [6, 6.07) is 11.3. The second-order valence-electron chi connectivity index (χ2n) is 6.20. The van der Waals surface area contributed by atoms with E-state index in [0.29, 0.717) is 11.5 Å². The molecule has 0 unspecified atom stereocenters. The molecule has 0 aliphatic carbocycles. The van der Waals surface area contributed by atoms with Gasteiger partial charge in [-0.1, -0.05) is 18.2 Å². The predicted octanol–water partition coefficient (Wildman–Crippen LogP) is 2.53. The molecule has 2 aromatic rings. The Labute approximate surface area is 153 Å². The van der Waals surface area contributed by atoms with E-state index in [9.17, 15) is 9.59 Å².